The maximum Gasteiger partial charge on any atom is 0.275 e. The van der Waals surface area contributed by atoms with Gasteiger partial charge in [0.05, 0.1) is 26.0 Å². The minimum atomic E-state index is -0.335. The molecule has 1 amide bonds. The van der Waals surface area contributed by atoms with E-state index in [2.05, 4.69) is 10.5 Å². The first-order chi connectivity index (χ1) is 10.3. The normalized spacial score (nSPS) is 10.4. The summed E-state index contributed by atoms with van der Waals surface area (Å²) in [6.45, 7) is 0. The molecule has 0 atom stereocenters. The molecule has 21 heavy (non-hydrogen) atoms. The number of amides is 1. The lowest BCUT2D eigenvalue weighted by atomic mass is 10.2. The summed E-state index contributed by atoms with van der Waals surface area (Å²) < 4.78 is 10.3. The van der Waals surface area contributed by atoms with Gasteiger partial charge in [0.2, 0.25) is 0 Å². The molecule has 0 saturated heterocycles. The Balaban J connectivity index is 2.09. The van der Waals surface area contributed by atoms with E-state index in [4.69, 9.17) is 9.47 Å². The standard InChI is InChI=1S/C16H16N2O3/c1-20-14-9-5-3-7-12(14)11-17-18-16(19)13-8-4-6-10-15(13)21-2/h3-11H,1-2H3,(H,18,19). The summed E-state index contributed by atoms with van der Waals surface area (Å²) in [4.78, 5) is 12.0. The summed E-state index contributed by atoms with van der Waals surface area (Å²) in [5.74, 6) is 0.855. The van der Waals surface area contributed by atoms with E-state index in [0.717, 1.165) is 5.56 Å². The van der Waals surface area contributed by atoms with E-state index in [-0.39, 0.29) is 5.91 Å². The van der Waals surface area contributed by atoms with Crippen molar-refractivity contribution in [2.75, 3.05) is 14.2 Å². The molecule has 0 aliphatic rings. The van der Waals surface area contributed by atoms with E-state index in [1.807, 2.05) is 24.3 Å². The highest BCUT2D eigenvalue weighted by Gasteiger charge is 2.10. The fraction of sp³-hybridized carbons (Fsp3) is 0.125. The lowest BCUT2D eigenvalue weighted by Crippen LogP contribution is -2.18. The highest BCUT2D eigenvalue weighted by Crippen LogP contribution is 2.17. The molecule has 0 bridgehead atoms. The van der Waals surface area contributed by atoms with Gasteiger partial charge in [0.15, 0.2) is 0 Å². The minimum Gasteiger partial charge on any atom is -0.496 e. The number of nitrogens with zero attached hydrogens (tertiary/aromatic N) is 1. The molecule has 5 nitrogen and oxygen atoms in total. The molecule has 1 N–H and O–H groups in total. The highest BCUT2D eigenvalue weighted by atomic mass is 16.5. The van der Waals surface area contributed by atoms with Crippen LogP contribution in [0.5, 0.6) is 11.5 Å². The Hall–Kier alpha value is -2.82. The van der Waals surface area contributed by atoms with Gasteiger partial charge >= 0.3 is 0 Å². The number of rotatable bonds is 5. The topological polar surface area (TPSA) is 59.9 Å². The predicted molar refractivity (Wildman–Crippen MR) is 81.0 cm³/mol. The van der Waals surface area contributed by atoms with Crippen LogP contribution in [-0.4, -0.2) is 26.3 Å². The summed E-state index contributed by atoms with van der Waals surface area (Å²) in [6.07, 6.45) is 1.53. The van der Waals surface area contributed by atoms with Gasteiger partial charge in [0.25, 0.3) is 5.91 Å². The van der Waals surface area contributed by atoms with Crippen LogP contribution >= 0.6 is 0 Å². The van der Waals surface area contributed by atoms with Gasteiger partial charge in [-0.15, -0.1) is 0 Å². The van der Waals surface area contributed by atoms with Crippen LogP contribution in [0.2, 0.25) is 0 Å². The van der Waals surface area contributed by atoms with Crippen molar-refractivity contribution < 1.29 is 14.3 Å². The summed E-state index contributed by atoms with van der Waals surface area (Å²) in [5.41, 5.74) is 3.67. The summed E-state index contributed by atoms with van der Waals surface area (Å²) in [7, 11) is 3.10. The molecule has 0 aromatic heterocycles. The third-order valence-corrected chi connectivity index (χ3v) is 2.86. The summed E-state index contributed by atoms with van der Waals surface area (Å²) in [6, 6.07) is 14.4. The molecule has 0 spiro atoms. The molecule has 108 valence electrons. The number of benzene rings is 2. The molecule has 2 rings (SSSR count). The predicted octanol–water partition coefficient (Wildman–Crippen LogP) is 2.47. The molecule has 0 heterocycles. The number of para-hydroxylation sites is 2. The molecule has 0 saturated carbocycles. The van der Waals surface area contributed by atoms with Crippen molar-refractivity contribution >= 4 is 12.1 Å². The Morgan fingerprint density at radius 1 is 1.00 bits per heavy atom. The highest BCUT2D eigenvalue weighted by molar-refractivity contribution is 5.97. The van der Waals surface area contributed by atoms with Crippen LogP contribution < -0.4 is 14.9 Å². The lowest BCUT2D eigenvalue weighted by molar-refractivity contribution is 0.0952. The monoisotopic (exact) mass is 284 g/mol. The van der Waals surface area contributed by atoms with E-state index in [0.29, 0.717) is 17.1 Å². The van der Waals surface area contributed by atoms with E-state index >= 15 is 0 Å². The number of carbonyl (C=O) groups is 1. The average molecular weight is 284 g/mol. The van der Waals surface area contributed by atoms with Crippen LogP contribution in [0.3, 0.4) is 0 Å². The van der Waals surface area contributed by atoms with Gasteiger partial charge in [-0.3, -0.25) is 4.79 Å². The first-order valence-corrected chi connectivity index (χ1v) is 6.35. The molecular formula is C16H16N2O3. The van der Waals surface area contributed by atoms with E-state index < -0.39 is 0 Å². The zero-order chi connectivity index (χ0) is 15.1. The van der Waals surface area contributed by atoms with Crippen LogP contribution in [-0.2, 0) is 0 Å². The molecule has 0 aliphatic heterocycles. The van der Waals surface area contributed by atoms with Crippen LogP contribution in [0, 0.1) is 0 Å². The number of methoxy groups -OCH3 is 2. The largest absolute Gasteiger partial charge is 0.496 e. The van der Waals surface area contributed by atoms with E-state index in [9.17, 15) is 4.79 Å². The van der Waals surface area contributed by atoms with Gasteiger partial charge in [-0.2, -0.15) is 5.10 Å². The van der Waals surface area contributed by atoms with Crippen LogP contribution in [0.15, 0.2) is 53.6 Å². The second-order valence-corrected chi connectivity index (χ2v) is 4.14. The maximum absolute atomic E-state index is 12.0. The quantitative estimate of drug-likeness (QED) is 0.677. The Labute approximate surface area is 123 Å². The lowest BCUT2D eigenvalue weighted by Gasteiger charge is -2.06. The number of ether oxygens (including phenoxy) is 2. The number of carbonyl (C=O) groups excluding carboxylic acids is 1. The van der Waals surface area contributed by atoms with Crippen molar-refractivity contribution in [2.45, 2.75) is 0 Å². The molecule has 2 aromatic carbocycles. The molecule has 0 radical (unpaired) electrons. The Morgan fingerprint density at radius 3 is 2.33 bits per heavy atom. The fourth-order valence-corrected chi connectivity index (χ4v) is 1.83. The second-order valence-electron chi connectivity index (χ2n) is 4.14. The third kappa shape index (κ3) is 3.60. The van der Waals surface area contributed by atoms with Crippen molar-refractivity contribution in [3.05, 3.63) is 59.7 Å². The first-order valence-electron chi connectivity index (χ1n) is 6.35. The van der Waals surface area contributed by atoms with Crippen molar-refractivity contribution in [1.82, 2.24) is 5.43 Å². The second kappa shape index (κ2) is 7.09. The van der Waals surface area contributed by atoms with Crippen molar-refractivity contribution in [3.8, 4) is 11.5 Å². The van der Waals surface area contributed by atoms with Crippen molar-refractivity contribution in [2.24, 2.45) is 5.10 Å². The Morgan fingerprint density at radius 2 is 1.62 bits per heavy atom. The summed E-state index contributed by atoms with van der Waals surface area (Å²) in [5, 5.41) is 3.94. The number of nitrogens with one attached hydrogen (secondary N) is 1. The maximum atomic E-state index is 12.0. The molecule has 0 aliphatic carbocycles. The third-order valence-electron chi connectivity index (χ3n) is 2.86. The van der Waals surface area contributed by atoms with Gasteiger partial charge in [0, 0.05) is 5.56 Å². The summed E-state index contributed by atoms with van der Waals surface area (Å²) >= 11 is 0. The number of hydrogen-bond donors (Lipinski definition) is 1. The van der Waals surface area contributed by atoms with Gasteiger partial charge in [-0.1, -0.05) is 24.3 Å². The molecule has 0 fully saturated rings. The molecule has 0 unspecified atom stereocenters. The van der Waals surface area contributed by atoms with Gasteiger partial charge in [0.1, 0.15) is 11.5 Å². The van der Waals surface area contributed by atoms with Crippen molar-refractivity contribution in [3.63, 3.8) is 0 Å². The Kier molecular flexibility index (Phi) is 4.93. The molecule has 2 aromatic rings. The van der Waals surface area contributed by atoms with Crippen LogP contribution in [0.25, 0.3) is 0 Å². The van der Waals surface area contributed by atoms with Crippen molar-refractivity contribution in [1.29, 1.82) is 0 Å². The van der Waals surface area contributed by atoms with E-state index in [1.165, 1.54) is 13.3 Å². The number of hydrazone groups is 1. The van der Waals surface area contributed by atoms with E-state index in [1.54, 1.807) is 31.4 Å². The first kappa shape index (κ1) is 14.6. The van der Waals surface area contributed by atoms with Crippen LogP contribution in [0.1, 0.15) is 15.9 Å². The van der Waals surface area contributed by atoms with Gasteiger partial charge in [-0.25, -0.2) is 5.43 Å². The smallest absolute Gasteiger partial charge is 0.275 e. The fourth-order valence-electron chi connectivity index (χ4n) is 1.83. The van der Waals surface area contributed by atoms with Gasteiger partial charge in [-0.05, 0) is 24.3 Å². The average Bonchev–Trinajstić information content (AvgIpc) is 2.55. The molecule has 5 heteroatoms. The minimum absolute atomic E-state index is 0.335. The Bertz CT molecular complexity index is 653. The zero-order valence-corrected chi connectivity index (χ0v) is 11.9. The number of hydrogen-bond acceptors (Lipinski definition) is 4. The molecular weight excluding hydrogens is 268 g/mol. The SMILES string of the molecule is COc1ccccc1C=NNC(=O)c1ccccc1OC. The zero-order valence-electron chi connectivity index (χ0n) is 11.9. The van der Waals surface area contributed by atoms with Crippen LogP contribution in [0.4, 0.5) is 0 Å². The van der Waals surface area contributed by atoms with Gasteiger partial charge < -0.3 is 9.47 Å².